The molecule has 0 aromatic carbocycles. The molecule has 0 bridgehead atoms. The predicted octanol–water partition coefficient (Wildman–Crippen LogP) is 1.84. The second kappa shape index (κ2) is 3.64. The van der Waals surface area contributed by atoms with Crippen LogP contribution < -0.4 is 10.1 Å². The third-order valence-electron chi connectivity index (χ3n) is 2.17. The molecular formula is C10H14N2O. The van der Waals surface area contributed by atoms with E-state index in [9.17, 15) is 0 Å². The Labute approximate surface area is 78.1 Å². The van der Waals surface area contributed by atoms with Crippen LogP contribution in [0.5, 0.6) is 5.75 Å². The molecule has 0 aliphatic carbocycles. The lowest BCUT2D eigenvalue weighted by Crippen LogP contribution is -2.13. The van der Waals surface area contributed by atoms with Crippen LogP contribution in [-0.4, -0.2) is 18.1 Å². The molecule has 0 unspecified atom stereocenters. The van der Waals surface area contributed by atoms with Crippen molar-refractivity contribution in [2.24, 2.45) is 0 Å². The zero-order valence-electron chi connectivity index (χ0n) is 7.84. The van der Waals surface area contributed by atoms with Gasteiger partial charge >= 0.3 is 0 Å². The summed E-state index contributed by atoms with van der Waals surface area (Å²) in [5.41, 5.74) is 1.28. The lowest BCUT2D eigenvalue weighted by atomic mass is 10.1. The van der Waals surface area contributed by atoms with Gasteiger partial charge in [0.15, 0.2) is 0 Å². The van der Waals surface area contributed by atoms with Crippen LogP contribution >= 0.6 is 0 Å². The maximum absolute atomic E-state index is 5.38. The zero-order chi connectivity index (χ0) is 9.10. The van der Waals surface area contributed by atoms with Crippen LogP contribution in [0.1, 0.15) is 18.9 Å². The largest absolute Gasteiger partial charge is 0.492 e. The van der Waals surface area contributed by atoms with Gasteiger partial charge in [-0.15, -0.1) is 0 Å². The van der Waals surface area contributed by atoms with Crippen LogP contribution in [0, 0.1) is 0 Å². The first-order chi connectivity index (χ1) is 6.40. The van der Waals surface area contributed by atoms with Crippen molar-refractivity contribution < 1.29 is 4.74 Å². The van der Waals surface area contributed by atoms with E-state index in [1.54, 1.807) is 6.20 Å². The first-order valence-corrected chi connectivity index (χ1v) is 4.75. The summed E-state index contributed by atoms with van der Waals surface area (Å²) in [6.45, 7) is 3.72. The molecule has 13 heavy (non-hydrogen) atoms. The third kappa shape index (κ3) is 1.74. The maximum atomic E-state index is 5.38. The SMILES string of the molecule is CCOc1cnc2c(c1)CCCN2. The van der Waals surface area contributed by atoms with Gasteiger partial charge in [0.2, 0.25) is 0 Å². The molecule has 1 aliphatic heterocycles. The number of aromatic nitrogens is 1. The lowest BCUT2D eigenvalue weighted by Gasteiger charge is -2.17. The van der Waals surface area contributed by atoms with Gasteiger partial charge in [-0.25, -0.2) is 4.98 Å². The molecule has 1 aromatic rings. The van der Waals surface area contributed by atoms with E-state index >= 15 is 0 Å². The van der Waals surface area contributed by atoms with Gasteiger partial charge in [-0.3, -0.25) is 0 Å². The normalized spacial score (nSPS) is 14.5. The first kappa shape index (κ1) is 8.35. The maximum Gasteiger partial charge on any atom is 0.137 e. The van der Waals surface area contributed by atoms with Crippen molar-refractivity contribution in [2.75, 3.05) is 18.5 Å². The number of aryl methyl sites for hydroxylation is 1. The highest BCUT2D eigenvalue weighted by atomic mass is 16.5. The van der Waals surface area contributed by atoms with Crippen LogP contribution in [0.3, 0.4) is 0 Å². The van der Waals surface area contributed by atoms with Crippen LogP contribution in [0.15, 0.2) is 12.3 Å². The average molecular weight is 178 g/mol. The fourth-order valence-corrected chi connectivity index (χ4v) is 1.57. The quantitative estimate of drug-likeness (QED) is 0.750. The molecule has 0 saturated carbocycles. The minimum Gasteiger partial charge on any atom is -0.492 e. The summed E-state index contributed by atoms with van der Waals surface area (Å²) in [5, 5.41) is 3.27. The number of pyridine rings is 1. The van der Waals surface area contributed by atoms with Crippen molar-refractivity contribution in [3.05, 3.63) is 17.8 Å². The fraction of sp³-hybridized carbons (Fsp3) is 0.500. The summed E-state index contributed by atoms with van der Waals surface area (Å²) in [7, 11) is 0. The van der Waals surface area contributed by atoms with Crippen molar-refractivity contribution in [3.8, 4) is 5.75 Å². The summed E-state index contributed by atoms with van der Waals surface area (Å²) < 4.78 is 5.38. The highest BCUT2D eigenvalue weighted by Crippen LogP contribution is 2.23. The van der Waals surface area contributed by atoms with E-state index in [0.717, 1.165) is 24.5 Å². The smallest absolute Gasteiger partial charge is 0.137 e. The van der Waals surface area contributed by atoms with Gasteiger partial charge in [0.05, 0.1) is 12.8 Å². The van der Waals surface area contributed by atoms with Crippen LogP contribution in [-0.2, 0) is 6.42 Å². The van der Waals surface area contributed by atoms with Gasteiger partial charge in [-0.1, -0.05) is 0 Å². The Kier molecular flexibility index (Phi) is 2.34. The summed E-state index contributed by atoms with van der Waals surface area (Å²) in [5.74, 6) is 1.90. The topological polar surface area (TPSA) is 34.1 Å². The predicted molar refractivity (Wildman–Crippen MR) is 52.2 cm³/mol. The molecule has 0 fully saturated rings. The molecule has 3 heteroatoms. The lowest BCUT2D eigenvalue weighted by molar-refractivity contribution is 0.338. The van der Waals surface area contributed by atoms with Crippen molar-refractivity contribution in [2.45, 2.75) is 19.8 Å². The van der Waals surface area contributed by atoms with E-state index in [1.807, 2.05) is 6.92 Å². The van der Waals surface area contributed by atoms with Crippen LogP contribution in [0.2, 0.25) is 0 Å². The Hall–Kier alpha value is -1.25. The molecular weight excluding hydrogens is 164 g/mol. The van der Waals surface area contributed by atoms with Crippen LogP contribution in [0.25, 0.3) is 0 Å². The van der Waals surface area contributed by atoms with E-state index in [4.69, 9.17) is 4.74 Å². The van der Waals surface area contributed by atoms with Gasteiger partial charge in [0.1, 0.15) is 11.6 Å². The van der Waals surface area contributed by atoms with Crippen molar-refractivity contribution in [1.82, 2.24) is 4.98 Å². The standard InChI is InChI=1S/C10H14N2O/c1-2-13-9-6-8-4-3-5-11-10(8)12-7-9/h6-7H,2-5H2,1H3,(H,11,12). The van der Waals surface area contributed by atoms with E-state index < -0.39 is 0 Å². The monoisotopic (exact) mass is 178 g/mol. The molecule has 0 atom stereocenters. The summed E-state index contributed by atoms with van der Waals surface area (Å²) in [6.07, 6.45) is 4.07. The Balaban J connectivity index is 2.24. The molecule has 0 radical (unpaired) electrons. The van der Waals surface area contributed by atoms with Crippen molar-refractivity contribution in [1.29, 1.82) is 0 Å². The summed E-state index contributed by atoms with van der Waals surface area (Å²) >= 11 is 0. The third-order valence-corrected chi connectivity index (χ3v) is 2.17. The molecule has 2 rings (SSSR count). The molecule has 0 spiro atoms. The Bertz CT molecular complexity index is 299. The Morgan fingerprint density at radius 2 is 2.54 bits per heavy atom. The van der Waals surface area contributed by atoms with Gasteiger partial charge in [-0.2, -0.15) is 0 Å². The number of ether oxygens (including phenoxy) is 1. The Morgan fingerprint density at radius 1 is 1.62 bits per heavy atom. The molecule has 0 amide bonds. The summed E-state index contributed by atoms with van der Waals surface area (Å²) in [4.78, 5) is 4.30. The molecule has 2 heterocycles. The second-order valence-electron chi connectivity index (χ2n) is 3.14. The number of nitrogens with one attached hydrogen (secondary N) is 1. The van der Waals surface area contributed by atoms with Gasteiger partial charge in [0.25, 0.3) is 0 Å². The molecule has 1 aromatic heterocycles. The van der Waals surface area contributed by atoms with Gasteiger partial charge in [-0.05, 0) is 31.4 Å². The highest BCUT2D eigenvalue weighted by molar-refractivity contribution is 5.48. The number of hydrogen-bond acceptors (Lipinski definition) is 3. The fourth-order valence-electron chi connectivity index (χ4n) is 1.57. The summed E-state index contributed by atoms with van der Waals surface area (Å²) in [6, 6.07) is 2.08. The molecule has 1 N–H and O–H groups in total. The number of hydrogen-bond donors (Lipinski definition) is 1. The number of anilines is 1. The molecule has 3 nitrogen and oxygen atoms in total. The minimum atomic E-state index is 0.702. The van der Waals surface area contributed by atoms with Crippen molar-refractivity contribution in [3.63, 3.8) is 0 Å². The average Bonchev–Trinajstić information content (AvgIpc) is 2.18. The van der Waals surface area contributed by atoms with E-state index in [1.165, 1.54) is 12.0 Å². The number of rotatable bonds is 2. The van der Waals surface area contributed by atoms with Crippen molar-refractivity contribution >= 4 is 5.82 Å². The van der Waals surface area contributed by atoms with E-state index in [0.29, 0.717) is 6.61 Å². The Morgan fingerprint density at radius 3 is 3.38 bits per heavy atom. The van der Waals surface area contributed by atoms with Gasteiger partial charge in [0, 0.05) is 6.54 Å². The van der Waals surface area contributed by atoms with E-state index in [2.05, 4.69) is 16.4 Å². The molecule has 1 aliphatic rings. The number of fused-ring (bicyclic) bond motifs is 1. The van der Waals surface area contributed by atoms with Gasteiger partial charge < -0.3 is 10.1 Å². The zero-order valence-corrected chi connectivity index (χ0v) is 7.84. The first-order valence-electron chi connectivity index (χ1n) is 4.75. The molecule has 70 valence electrons. The number of nitrogens with zero attached hydrogens (tertiary/aromatic N) is 1. The second-order valence-corrected chi connectivity index (χ2v) is 3.14. The molecule has 0 saturated heterocycles. The minimum absolute atomic E-state index is 0.702. The highest BCUT2D eigenvalue weighted by Gasteiger charge is 2.09. The van der Waals surface area contributed by atoms with E-state index in [-0.39, 0.29) is 0 Å². The van der Waals surface area contributed by atoms with Crippen LogP contribution in [0.4, 0.5) is 5.82 Å².